The van der Waals surface area contributed by atoms with E-state index in [1.165, 1.54) is 4.90 Å². The zero-order chi connectivity index (χ0) is 33.5. The third kappa shape index (κ3) is 10.3. The zero-order valence-corrected chi connectivity index (χ0v) is 27.8. The molecule has 3 N–H and O–H groups in total. The summed E-state index contributed by atoms with van der Waals surface area (Å²) < 4.78 is 11.0. The average molecular weight is 624 g/mol. The molecule has 0 saturated heterocycles. The summed E-state index contributed by atoms with van der Waals surface area (Å²) in [7, 11) is 0. The fourth-order valence-corrected chi connectivity index (χ4v) is 5.21. The molecular weight excluding hydrogens is 574 g/mol. The molecule has 0 aromatic heterocycles. The van der Waals surface area contributed by atoms with E-state index in [1.807, 2.05) is 62.4 Å². The van der Waals surface area contributed by atoms with Gasteiger partial charge in [0.05, 0.1) is 6.61 Å². The minimum absolute atomic E-state index is 0.179. The molecule has 0 bridgehead atoms. The highest BCUT2D eigenvalue weighted by Gasteiger charge is 2.43. The van der Waals surface area contributed by atoms with E-state index in [9.17, 15) is 24.3 Å². The van der Waals surface area contributed by atoms with Crippen LogP contribution in [0, 0.1) is 13.8 Å². The number of aliphatic hydroxyl groups is 1. The quantitative estimate of drug-likeness (QED) is 0.310. The van der Waals surface area contributed by atoms with Crippen molar-refractivity contribution in [3.63, 3.8) is 0 Å². The Balaban J connectivity index is 2.06. The van der Waals surface area contributed by atoms with Gasteiger partial charge >= 0.3 is 12.1 Å². The molecule has 2 aromatic rings. The summed E-state index contributed by atoms with van der Waals surface area (Å²) in [6.07, 6.45) is 1.46. The third-order valence-corrected chi connectivity index (χ3v) is 7.43. The molecule has 0 spiro atoms. The van der Waals surface area contributed by atoms with Crippen LogP contribution in [0.2, 0.25) is 0 Å². The number of benzene rings is 2. The molecule has 10 heteroatoms. The van der Waals surface area contributed by atoms with E-state index in [2.05, 4.69) is 10.6 Å². The van der Waals surface area contributed by atoms with Gasteiger partial charge in [-0.1, -0.05) is 54.1 Å². The number of aliphatic hydroxyl groups excluding tert-OH is 1. The van der Waals surface area contributed by atoms with Crippen LogP contribution in [0.3, 0.4) is 0 Å². The number of rotatable bonds is 11. The highest BCUT2D eigenvalue weighted by Crippen LogP contribution is 2.35. The van der Waals surface area contributed by atoms with Crippen molar-refractivity contribution in [2.24, 2.45) is 0 Å². The normalized spacial score (nSPS) is 15.6. The number of carbonyl (C=O) groups excluding carboxylic acids is 4. The van der Waals surface area contributed by atoms with E-state index in [0.717, 1.165) is 23.1 Å². The summed E-state index contributed by atoms with van der Waals surface area (Å²) in [5.74, 6) is -1.78. The first-order chi connectivity index (χ1) is 21.0. The van der Waals surface area contributed by atoms with E-state index in [0.29, 0.717) is 18.4 Å². The number of amides is 3. The van der Waals surface area contributed by atoms with E-state index in [4.69, 9.17) is 9.47 Å². The number of nitrogens with zero attached hydrogens (tertiary/aromatic N) is 1. The van der Waals surface area contributed by atoms with E-state index >= 15 is 0 Å². The summed E-state index contributed by atoms with van der Waals surface area (Å²) in [5, 5.41) is 15.7. The Morgan fingerprint density at radius 2 is 1.51 bits per heavy atom. The first-order valence-corrected chi connectivity index (χ1v) is 15.6. The molecule has 1 fully saturated rings. The largest absolute Gasteiger partial charge is 0.458 e. The van der Waals surface area contributed by atoms with Crippen LogP contribution in [0.25, 0.3) is 0 Å². The number of alkyl carbamates (subject to hydrolysis) is 1. The molecule has 0 radical (unpaired) electrons. The monoisotopic (exact) mass is 623 g/mol. The van der Waals surface area contributed by atoms with Gasteiger partial charge in [0.25, 0.3) is 0 Å². The van der Waals surface area contributed by atoms with Crippen molar-refractivity contribution in [1.29, 1.82) is 0 Å². The smallest absolute Gasteiger partial charge is 0.408 e. The maximum atomic E-state index is 14.5. The van der Waals surface area contributed by atoms with E-state index in [1.54, 1.807) is 41.5 Å². The predicted octanol–water partition coefficient (Wildman–Crippen LogP) is 4.68. The maximum absolute atomic E-state index is 14.5. The van der Waals surface area contributed by atoms with Crippen molar-refractivity contribution >= 4 is 23.9 Å². The summed E-state index contributed by atoms with van der Waals surface area (Å²) in [6.45, 7) is 13.5. The fourth-order valence-electron chi connectivity index (χ4n) is 5.21. The van der Waals surface area contributed by atoms with Crippen LogP contribution in [0.5, 0.6) is 0 Å². The molecule has 246 valence electrons. The van der Waals surface area contributed by atoms with Gasteiger partial charge in [0.15, 0.2) is 0 Å². The topological polar surface area (TPSA) is 134 Å². The Morgan fingerprint density at radius 1 is 0.889 bits per heavy atom. The lowest BCUT2D eigenvalue weighted by molar-refractivity contribution is -0.159. The van der Waals surface area contributed by atoms with Gasteiger partial charge < -0.3 is 30.1 Å². The van der Waals surface area contributed by atoms with Crippen LogP contribution in [-0.4, -0.2) is 69.8 Å². The van der Waals surface area contributed by atoms with Crippen molar-refractivity contribution in [2.75, 3.05) is 6.61 Å². The van der Waals surface area contributed by atoms with Crippen LogP contribution in [0.4, 0.5) is 4.79 Å². The molecule has 1 aliphatic rings. The number of nitrogens with one attached hydrogen (secondary N) is 2. The minimum Gasteiger partial charge on any atom is -0.458 e. The SMILES string of the molecule is Cc1ccc(C(C(=O)NC(Cc2ccccc2)C(=O)OC(C)(C)C)N(C(=O)C(CO)NC(=O)OC(C)(C)C)C2CCC2)c(C)c1. The van der Waals surface area contributed by atoms with Gasteiger partial charge in [-0.2, -0.15) is 0 Å². The average Bonchev–Trinajstić information content (AvgIpc) is 2.89. The molecule has 0 heterocycles. The standard InChI is InChI=1S/C35H49N3O7/c1-22-17-18-26(23(2)19-22)29(30(40)36-27(32(42)44-34(3,4)5)20-24-13-10-9-11-14-24)38(25-15-12-16-25)31(41)28(21-39)37-33(43)45-35(6,7)8/h9-11,13-14,17-19,25,27-29,39H,12,15-16,20-21H2,1-8H3,(H,36,40)(H,37,43). The molecule has 0 aliphatic heterocycles. The van der Waals surface area contributed by atoms with Crippen LogP contribution < -0.4 is 10.6 Å². The molecule has 3 atom stereocenters. The van der Waals surface area contributed by atoms with Crippen molar-refractivity contribution in [2.45, 2.75) is 116 Å². The summed E-state index contributed by atoms with van der Waals surface area (Å²) in [4.78, 5) is 56.3. The van der Waals surface area contributed by atoms with Crippen molar-refractivity contribution < 1.29 is 33.8 Å². The number of carbonyl (C=O) groups is 4. The number of esters is 1. The lowest BCUT2D eigenvalue weighted by Crippen LogP contribution is -2.59. The van der Waals surface area contributed by atoms with Gasteiger partial charge in [-0.25, -0.2) is 9.59 Å². The van der Waals surface area contributed by atoms with Gasteiger partial charge in [0.1, 0.15) is 29.3 Å². The van der Waals surface area contributed by atoms with Crippen molar-refractivity contribution in [3.05, 3.63) is 70.8 Å². The molecule has 45 heavy (non-hydrogen) atoms. The molecule has 3 amide bonds. The highest BCUT2D eigenvalue weighted by molar-refractivity contribution is 5.94. The Hall–Kier alpha value is -3.92. The van der Waals surface area contributed by atoms with Crippen LogP contribution in [0.15, 0.2) is 48.5 Å². The second-order valence-electron chi connectivity index (χ2n) is 13.8. The third-order valence-electron chi connectivity index (χ3n) is 7.43. The first-order valence-electron chi connectivity index (χ1n) is 15.6. The number of hydrogen-bond acceptors (Lipinski definition) is 7. The molecule has 2 aromatic carbocycles. The number of hydrogen-bond donors (Lipinski definition) is 3. The number of aryl methyl sites for hydroxylation is 2. The molecule has 1 saturated carbocycles. The Kier molecular flexibility index (Phi) is 11.8. The molecule has 3 rings (SSSR count). The minimum atomic E-state index is -1.35. The van der Waals surface area contributed by atoms with E-state index < -0.39 is 59.8 Å². The maximum Gasteiger partial charge on any atom is 0.408 e. The van der Waals surface area contributed by atoms with Crippen LogP contribution >= 0.6 is 0 Å². The zero-order valence-electron chi connectivity index (χ0n) is 27.8. The Morgan fingerprint density at radius 3 is 2.02 bits per heavy atom. The second-order valence-corrected chi connectivity index (χ2v) is 13.8. The Bertz CT molecular complexity index is 1340. The molecule has 3 unspecified atom stereocenters. The molecule has 1 aliphatic carbocycles. The Labute approximate surface area is 266 Å². The summed E-state index contributed by atoms with van der Waals surface area (Å²) >= 11 is 0. The lowest BCUT2D eigenvalue weighted by atomic mass is 9.87. The summed E-state index contributed by atoms with van der Waals surface area (Å²) in [5.41, 5.74) is 1.55. The van der Waals surface area contributed by atoms with Gasteiger partial charge in [0, 0.05) is 12.5 Å². The van der Waals surface area contributed by atoms with Gasteiger partial charge in [-0.15, -0.1) is 0 Å². The lowest BCUT2D eigenvalue weighted by Gasteiger charge is -2.44. The van der Waals surface area contributed by atoms with Crippen molar-refractivity contribution in [1.82, 2.24) is 15.5 Å². The van der Waals surface area contributed by atoms with E-state index in [-0.39, 0.29) is 12.5 Å². The highest BCUT2D eigenvalue weighted by atomic mass is 16.6. The predicted molar refractivity (Wildman–Crippen MR) is 171 cm³/mol. The second kappa shape index (κ2) is 14.9. The van der Waals surface area contributed by atoms with Crippen molar-refractivity contribution in [3.8, 4) is 0 Å². The van der Waals surface area contributed by atoms with Crippen LogP contribution in [-0.2, 0) is 30.3 Å². The van der Waals surface area contributed by atoms with Gasteiger partial charge in [0.2, 0.25) is 11.8 Å². The number of ether oxygens (including phenoxy) is 2. The molecular formula is C35H49N3O7. The van der Waals surface area contributed by atoms with Crippen LogP contribution in [0.1, 0.15) is 89.1 Å². The first kappa shape index (κ1) is 35.6. The fraction of sp³-hybridized carbons (Fsp3) is 0.543. The summed E-state index contributed by atoms with van der Waals surface area (Å²) in [6, 6.07) is 11.0. The van der Waals surface area contributed by atoms with Gasteiger partial charge in [-0.3, -0.25) is 9.59 Å². The van der Waals surface area contributed by atoms with Gasteiger partial charge in [-0.05, 0) is 91.3 Å². The molecule has 10 nitrogen and oxygen atoms in total.